The van der Waals surface area contributed by atoms with Crippen LogP contribution in [0.2, 0.25) is 0 Å². The van der Waals surface area contributed by atoms with Crippen LogP contribution < -0.4 is 0 Å². The molecule has 0 aromatic carbocycles. The van der Waals surface area contributed by atoms with Crippen LogP contribution in [-0.2, 0) is 57.1 Å². The van der Waals surface area contributed by atoms with Crippen LogP contribution in [0.15, 0.2) is 0 Å². The first-order valence-corrected chi connectivity index (χ1v) is 16.1. The van der Waals surface area contributed by atoms with Crippen LogP contribution in [0.4, 0.5) is 9.59 Å². The molecule has 4 saturated heterocycles. The van der Waals surface area contributed by atoms with Gasteiger partial charge in [0.2, 0.25) is 25.4 Å². The van der Waals surface area contributed by atoms with Gasteiger partial charge in [-0.3, -0.25) is 9.59 Å². The molecule has 2 amide bonds. The highest BCUT2D eigenvalue weighted by atomic mass is 16.8. The molecule has 4 fully saturated rings. The van der Waals surface area contributed by atoms with E-state index < -0.39 is 49.9 Å². The Kier molecular flexibility index (Phi) is 14.1. The minimum Gasteiger partial charge on any atom is -0.431 e. The van der Waals surface area contributed by atoms with Gasteiger partial charge in [0.1, 0.15) is 24.3 Å². The molecule has 0 spiro atoms. The Labute approximate surface area is 267 Å². The van der Waals surface area contributed by atoms with Crippen LogP contribution in [0.3, 0.4) is 0 Å². The van der Waals surface area contributed by atoms with Crippen LogP contribution in [0.5, 0.6) is 0 Å². The molecule has 4 heterocycles. The van der Waals surface area contributed by atoms with E-state index in [-0.39, 0.29) is 36.9 Å². The zero-order chi connectivity index (χ0) is 32.7. The number of nitrogens with zero attached hydrogens (tertiary/aromatic N) is 2. The molecule has 16 heteroatoms. The largest absolute Gasteiger partial charge is 0.511 e. The predicted molar refractivity (Wildman–Crippen MR) is 153 cm³/mol. The minimum atomic E-state index is -0.928. The molecule has 4 aliphatic rings. The first kappa shape index (κ1) is 35.2. The smallest absolute Gasteiger partial charge is 0.431 e. The van der Waals surface area contributed by atoms with Crippen molar-refractivity contribution >= 4 is 36.1 Å². The fourth-order valence-corrected chi connectivity index (χ4v) is 5.85. The summed E-state index contributed by atoms with van der Waals surface area (Å²) in [6, 6.07) is -1.54. The van der Waals surface area contributed by atoms with Crippen molar-refractivity contribution in [2.45, 2.75) is 101 Å². The molecule has 4 aliphatic heterocycles. The standard InChI is InChI=1S/C30H44N2O14/c33-25(31-13-3-5-23(31)27(35)41-19-43-29(37)45-21-9-15-39-16-10-21)7-1-2-8-26(34)32-14-4-6-24(32)28(36)42-20-44-30(38)46-22-11-17-40-18-12-22/h21-24H,1-20H2. The number of amides is 2. The Morgan fingerprint density at radius 3 is 1.33 bits per heavy atom. The maximum Gasteiger partial charge on any atom is 0.511 e. The molecule has 0 saturated carbocycles. The molecule has 258 valence electrons. The molecule has 0 radical (unpaired) electrons. The first-order valence-electron chi connectivity index (χ1n) is 16.1. The normalized spacial score (nSPS) is 22.2. The topological polar surface area (TPSA) is 183 Å². The molecule has 0 aromatic rings. The lowest BCUT2D eigenvalue weighted by atomic mass is 10.1. The molecule has 46 heavy (non-hydrogen) atoms. The molecule has 2 unspecified atom stereocenters. The fourth-order valence-electron chi connectivity index (χ4n) is 5.85. The lowest BCUT2D eigenvalue weighted by Crippen LogP contribution is -2.42. The van der Waals surface area contributed by atoms with E-state index in [2.05, 4.69) is 0 Å². The SMILES string of the molecule is O=C(OCOC(=O)C1CCCN1C(=O)CCCCC(=O)N1CCCC1C(=O)OCOC(=O)OC1CCOCC1)OC1CCOCC1. The number of hydrogen-bond donors (Lipinski definition) is 0. The van der Waals surface area contributed by atoms with Crippen molar-refractivity contribution in [3.63, 3.8) is 0 Å². The second-order valence-corrected chi connectivity index (χ2v) is 11.5. The lowest BCUT2D eigenvalue weighted by molar-refractivity contribution is -0.163. The third-order valence-electron chi connectivity index (χ3n) is 8.34. The maximum absolute atomic E-state index is 12.9. The van der Waals surface area contributed by atoms with E-state index in [4.69, 9.17) is 37.9 Å². The molecule has 0 aromatic heterocycles. The van der Waals surface area contributed by atoms with Gasteiger partial charge in [-0.15, -0.1) is 0 Å². The van der Waals surface area contributed by atoms with Gasteiger partial charge in [0, 0.05) is 51.6 Å². The van der Waals surface area contributed by atoms with Crippen LogP contribution in [0, 0.1) is 0 Å². The number of esters is 2. The zero-order valence-electron chi connectivity index (χ0n) is 26.1. The fraction of sp³-hybridized carbons (Fsp3) is 0.800. The molecule has 0 N–H and O–H groups in total. The highest BCUT2D eigenvalue weighted by Crippen LogP contribution is 2.23. The summed E-state index contributed by atoms with van der Waals surface area (Å²) in [6.07, 6.45) is 3.07. The Hall–Kier alpha value is -3.66. The van der Waals surface area contributed by atoms with Gasteiger partial charge in [-0.05, 0) is 38.5 Å². The van der Waals surface area contributed by atoms with Crippen LogP contribution in [-0.4, -0.2) is 123 Å². The zero-order valence-corrected chi connectivity index (χ0v) is 26.1. The summed E-state index contributed by atoms with van der Waals surface area (Å²) in [4.78, 5) is 77.4. The average molecular weight is 657 g/mol. The predicted octanol–water partition coefficient (Wildman–Crippen LogP) is 2.19. The van der Waals surface area contributed by atoms with Crippen molar-refractivity contribution in [2.24, 2.45) is 0 Å². The summed E-state index contributed by atoms with van der Waals surface area (Å²) in [7, 11) is 0. The van der Waals surface area contributed by atoms with Gasteiger partial charge in [0.05, 0.1) is 26.4 Å². The quantitative estimate of drug-likeness (QED) is 0.122. The van der Waals surface area contributed by atoms with Crippen molar-refractivity contribution in [3.05, 3.63) is 0 Å². The van der Waals surface area contributed by atoms with E-state index in [0.717, 1.165) is 0 Å². The number of unbranched alkanes of at least 4 members (excludes halogenated alkanes) is 1. The lowest BCUT2D eigenvalue weighted by Gasteiger charge is -2.24. The summed E-state index contributed by atoms with van der Waals surface area (Å²) in [5.41, 5.74) is 0. The number of carbonyl (C=O) groups is 6. The van der Waals surface area contributed by atoms with Gasteiger partial charge < -0.3 is 47.7 Å². The Morgan fingerprint density at radius 2 is 0.935 bits per heavy atom. The third kappa shape index (κ3) is 11.0. The summed E-state index contributed by atoms with van der Waals surface area (Å²) in [5, 5.41) is 0. The monoisotopic (exact) mass is 656 g/mol. The van der Waals surface area contributed by atoms with Gasteiger partial charge >= 0.3 is 24.2 Å². The van der Waals surface area contributed by atoms with Crippen molar-refractivity contribution in [1.82, 2.24) is 9.80 Å². The molecule has 0 bridgehead atoms. The summed E-state index contributed by atoms with van der Waals surface area (Å²) >= 11 is 0. The number of ether oxygens (including phenoxy) is 8. The second-order valence-electron chi connectivity index (χ2n) is 11.5. The van der Waals surface area contributed by atoms with Gasteiger partial charge in [-0.2, -0.15) is 0 Å². The van der Waals surface area contributed by atoms with Crippen LogP contribution in [0.25, 0.3) is 0 Å². The molecule has 2 atom stereocenters. The maximum atomic E-state index is 12.9. The van der Waals surface area contributed by atoms with Gasteiger partial charge in [0.25, 0.3) is 0 Å². The summed E-state index contributed by atoms with van der Waals surface area (Å²) < 4.78 is 40.6. The molecular weight excluding hydrogens is 612 g/mol. The van der Waals surface area contributed by atoms with Crippen molar-refractivity contribution in [1.29, 1.82) is 0 Å². The first-order chi connectivity index (χ1) is 22.3. The number of hydrogen-bond acceptors (Lipinski definition) is 14. The average Bonchev–Trinajstić information content (AvgIpc) is 3.75. The Bertz CT molecular complexity index is 976. The van der Waals surface area contributed by atoms with E-state index in [1.165, 1.54) is 9.80 Å². The van der Waals surface area contributed by atoms with Gasteiger partial charge in [-0.25, -0.2) is 19.2 Å². The highest BCUT2D eigenvalue weighted by molar-refractivity contribution is 5.86. The summed E-state index contributed by atoms with van der Waals surface area (Å²) in [6.45, 7) is 1.59. The number of rotatable bonds is 13. The summed E-state index contributed by atoms with van der Waals surface area (Å²) in [5.74, 6) is -1.78. The second kappa shape index (κ2) is 18.5. The van der Waals surface area contributed by atoms with Crippen LogP contribution >= 0.6 is 0 Å². The van der Waals surface area contributed by atoms with E-state index >= 15 is 0 Å². The van der Waals surface area contributed by atoms with Crippen molar-refractivity contribution in [3.8, 4) is 0 Å². The van der Waals surface area contributed by atoms with Crippen molar-refractivity contribution < 1.29 is 66.7 Å². The van der Waals surface area contributed by atoms with Gasteiger partial charge in [0.15, 0.2) is 0 Å². The highest BCUT2D eigenvalue weighted by Gasteiger charge is 2.37. The molecule has 0 aliphatic carbocycles. The molecular formula is C30H44N2O14. The Morgan fingerprint density at radius 1 is 0.543 bits per heavy atom. The number of carbonyl (C=O) groups excluding carboxylic acids is 6. The van der Waals surface area contributed by atoms with E-state index in [9.17, 15) is 28.8 Å². The number of likely N-dealkylation sites (tertiary alicyclic amines) is 2. The van der Waals surface area contributed by atoms with E-state index in [1.54, 1.807) is 0 Å². The minimum absolute atomic E-state index is 0.137. The Balaban J connectivity index is 1.08. The van der Waals surface area contributed by atoms with Crippen LogP contribution in [0.1, 0.15) is 77.0 Å². The molecule has 4 rings (SSSR count). The van der Waals surface area contributed by atoms with Crippen molar-refractivity contribution in [2.75, 3.05) is 53.1 Å². The third-order valence-corrected chi connectivity index (χ3v) is 8.34. The van der Waals surface area contributed by atoms with E-state index in [0.29, 0.717) is 104 Å². The van der Waals surface area contributed by atoms with E-state index in [1.807, 2.05) is 0 Å². The van der Waals surface area contributed by atoms with Gasteiger partial charge in [-0.1, -0.05) is 0 Å². The molecule has 16 nitrogen and oxygen atoms in total.